The van der Waals surface area contributed by atoms with Gasteiger partial charge in [-0.15, -0.1) is 0 Å². The van der Waals surface area contributed by atoms with Crippen LogP contribution in [0.4, 0.5) is 5.82 Å². The molecule has 0 saturated heterocycles. The minimum Gasteiger partial charge on any atom is -0.382 e. The Hall–Kier alpha value is -1.68. The number of nitrogens with two attached hydrogens (primary N) is 2. The number of imidazole rings is 1. The van der Waals surface area contributed by atoms with E-state index in [-0.39, 0.29) is 0 Å². The predicted molar refractivity (Wildman–Crippen MR) is 66.6 cm³/mol. The second kappa shape index (κ2) is 4.06. The highest BCUT2D eigenvalue weighted by Crippen LogP contribution is 2.30. The number of nitrogen functional groups attached to an aromatic ring is 2. The SMILES string of the molecule is CCc1nc(-c2ccccc2Cl)c(N)n1N. The van der Waals surface area contributed by atoms with Crippen molar-refractivity contribution in [2.24, 2.45) is 0 Å². The summed E-state index contributed by atoms with van der Waals surface area (Å²) < 4.78 is 1.40. The van der Waals surface area contributed by atoms with Gasteiger partial charge in [0.15, 0.2) is 5.82 Å². The Balaban J connectivity index is 2.61. The van der Waals surface area contributed by atoms with Gasteiger partial charge in [-0.2, -0.15) is 0 Å². The Morgan fingerprint density at radius 3 is 2.62 bits per heavy atom. The molecule has 0 saturated carbocycles. The molecule has 0 aliphatic carbocycles. The maximum Gasteiger partial charge on any atom is 0.150 e. The Labute approximate surface area is 98.8 Å². The highest BCUT2D eigenvalue weighted by molar-refractivity contribution is 6.33. The first kappa shape index (κ1) is 10.8. The minimum atomic E-state index is 0.435. The van der Waals surface area contributed by atoms with E-state index in [4.69, 9.17) is 23.2 Å². The van der Waals surface area contributed by atoms with Crippen LogP contribution in [0.2, 0.25) is 5.02 Å². The molecule has 0 bridgehead atoms. The first-order valence-corrected chi connectivity index (χ1v) is 5.40. The van der Waals surface area contributed by atoms with Crippen LogP contribution < -0.4 is 11.6 Å². The minimum absolute atomic E-state index is 0.435. The third kappa shape index (κ3) is 1.61. The highest BCUT2D eigenvalue weighted by Gasteiger charge is 2.15. The van der Waals surface area contributed by atoms with E-state index in [1.807, 2.05) is 25.1 Å². The van der Waals surface area contributed by atoms with Gasteiger partial charge in [-0.25, -0.2) is 9.66 Å². The predicted octanol–water partition coefficient (Wildman–Crippen LogP) is 2.06. The summed E-state index contributed by atoms with van der Waals surface area (Å²) in [5.41, 5.74) is 7.35. The number of hydrogen-bond acceptors (Lipinski definition) is 3. The van der Waals surface area contributed by atoms with E-state index >= 15 is 0 Å². The molecule has 16 heavy (non-hydrogen) atoms. The van der Waals surface area contributed by atoms with Gasteiger partial charge in [-0.05, 0) is 6.07 Å². The summed E-state index contributed by atoms with van der Waals surface area (Å²) in [5, 5.41) is 0.620. The Morgan fingerprint density at radius 1 is 1.38 bits per heavy atom. The standard InChI is InChI=1S/C11H13ClN4/c1-2-9-15-10(11(13)16(9)14)7-5-3-4-6-8(7)12/h3-6H,2,13-14H2,1H3. The third-order valence-corrected chi connectivity index (χ3v) is 2.80. The van der Waals surface area contributed by atoms with Crippen molar-refractivity contribution >= 4 is 17.4 Å². The maximum absolute atomic E-state index is 6.09. The highest BCUT2D eigenvalue weighted by atomic mass is 35.5. The van der Waals surface area contributed by atoms with Crippen molar-refractivity contribution < 1.29 is 0 Å². The molecule has 0 fully saturated rings. The normalized spacial score (nSPS) is 10.6. The molecule has 84 valence electrons. The summed E-state index contributed by atoms with van der Waals surface area (Å²) in [6.45, 7) is 1.97. The van der Waals surface area contributed by atoms with Crippen LogP contribution in [0.3, 0.4) is 0 Å². The maximum atomic E-state index is 6.09. The fourth-order valence-corrected chi connectivity index (χ4v) is 1.82. The summed E-state index contributed by atoms with van der Waals surface area (Å²) in [5.74, 6) is 6.97. The molecule has 5 heteroatoms. The van der Waals surface area contributed by atoms with Crippen LogP contribution in [0.15, 0.2) is 24.3 Å². The second-order valence-electron chi connectivity index (χ2n) is 3.47. The molecule has 2 aromatic rings. The van der Waals surface area contributed by atoms with Gasteiger partial charge in [-0.3, -0.25) is 0 Å². The fourth-order valence-electron chi connectivity index (χ4n) is 1.59. The lowest BCUT2D eigenvalue weighted by atomic mass is 10.1. The molecule has 1 aromatic carbocycles. The quantitative estimate of drug-likeness (QED) is 0.785. The molecule has 0 atom stereocenters. The summed E-state index contributed by atoms with van der Waals surface area (Å²) in [7, 11) is 0. The molecule has 2 rings (SSSR count). The number of halogens is 1. The van der Waals surface area contributed by atoms with Crippen molar-refractivity contribution in [3.63, 3.8) is 0 Å². The molecule has 0 amide bonds. The Bertz CT molecular complexity index is 519. The van der Waals surface area contributed by atoms with E-state index in [1.54, 1.807) is 6.07 Å². The molecular weight excluding hydrogens is 224 g/mol. The van der Waals surface area contributed by atoms with E-state index in [0.717, 1.165) is 17.8 Å². The largest absolute Gasteiger partial charge is 0.382 e. The fraction of sp³-hybridized carbons (Fsp3) is 0.182. The lowest BCUT2D eigenvalue weighted by molar-refractivity contribution is 0.865. The lowest BCUT2D eigenvalue weighted by Crippen LogP contribution is -2.14. The molecule has 4 nitrogen and oxygen atoms in total. The van der Waals surface area contributed by atoms with Gasteiger partial charge >= 0.3 is 0 Å². The number of benzene rings is 1. The van der Waals surface area contributed by atoms with Crippen LogP contribution in [0, 0.1) is 0 Å². The number of nitrogens with zero attached hydrogens (tertiary/aromatic N) is 2. The first-order chi connectivity index (χ1) is 7.65. The van der Waals surface area contributed by atoms with Gasteiger partial charge in [0.05, 0.1) is 5.02 Å². The average molecular weight is 237 g/mol. The molecule has 1 heterocycles. The van der Waals surface area contributed by atoms with Gasteiger partial charge in [0, 0.05) is 12.0 Å². The smallest absolute Gasteiger partial charge is 0.150 e. The number of aromatic nitrogens is 2. The summed E-state index contributed by atoms with van der Waals surface area (Å²) in [6, 6.07) is 7.43. The lowest BCUT2D eigenvalue weighted by Gasteiger charge is -2.02. The second-order valence-corrected chi connectivity index (χ2v) is 3.87. The van der Waals surface area contributed by atoms with Crippen molar-refractivity contribution in [1.29, 1.82) is 0 Å². The van der Waals surface area contributed by atoms with E-state index in [0.29, 0.717) is 16.5 Å². The number of rotatable bonds is 2. The van der Waals surface area contributed by atoms with Crippen LogP contribution in [0.1, 0.15) is 12.7 Å². The van der Waals surface area contributed by atoms with Crippen molar-refractivity contribution in [3.05, 3.63) is 35.1 Å². The van der Waals surface area contributed by atoms with Crippen molar-refractivity contribution in [3.8, 4) is 11.3 Å². The van der Waals surface area contributed by atoms with Gasteiger partial charge < -0.3 is 11.6 Å². The molecular formula is C11H13ClN4. The third-order valence-electron chi connectivity index (χ3n) is 2.47. The molecule has 0 aliphatic rings. The van der Waals surface area contributed by atoms with Crippen LogP contribution in [0.25, 0.3) is 11.3 Å². The van der Waals surface area contributed by atoms with Gasteiger partial charge in [0.2, 0.25) is 0 Å². The molecule has 0 unspecified atom stereocenters. The zero-order chi connectivity index (χ0) is 11.7. The number of aryl methyl sites for hydroxylation is 1. The van der Waals surface area contributed by atoms with E-state index in [9.17, 15) is 0 Å². The van der Waals surface area contributed by atoms with Crippen molar-refractivity contribution in [1.82, 2.24) is 9.66 Å². The molecule has 0 spiro atoms. The van der Waals surface area contributed by atoms with Crippen molar-refractivity contribution in [2.75, 3.05) is 11.6 Å². The average Bonchev–Trinajstić information content (AvgIpc) is 2.57. The van der Waals surface area contributed by atoms with Crippen molar-refractivity contribution in [2.45, 2.75) is 13.3 Å². The zero-order valence-corrected chi connectivity index (χ0v) is 9.70. The van der Waals surface area contributed by atoms with Gasteiger partial charge in [-0.1, -0.05) is 36.7 Å². The van der Waals surface area contributed by atoms with E-state index < -0.39 is 0 Å². The Morgan fingerprint density at radius 2 is 2.06 bits per heavy atom. The summed E-state index contributed by atoms with van der Waals surface area (Å²) in [4.78, 5) is 4.39. The number of hydrogen-bond donors (Lipinski definition) is 2. The topological polar surface area (TPSA) is 69.9 Å². The van der Waals surface area contributed by atoms with E-state index in [2.05, 4.69) is 4.98 Å². The van der Waals surface area contributed by atoms with Gasteiger partial charge in [0.1, 0.15) is 11.5 Å². The van der Waals surface area contributed by atoms with Gasteiger partial charge in [0.25, 0.3) is 0 Å². The van der Waals surface area contributed by atoms with E-state index in [1.165, 1.54) is 4.68 Å². The number of anilines is 1. The zero-order valence-electron chi connectivity index (χ0n) is 8.94. The van der Waals surface area contributed by atoms with Crippen LogP contribution >= 0.6 is 11.6 Å². The van der Waals surface area contributed by atoms with Crippen LogP contribution in [-0.4, -0.2) is 9.66 Å². The summed E-state index contributed by atoms with van der Waals surface area (Å²) in [6.07, 6.45) is 0.727. The Kier molecular flexibility index (Phi) is 2.75. The molecule has 1 aromatic heterocycles. The van der Waals surface area contributed by atoms with Crippen LogP contribution in [0.5, 0.6) is 0 Å². The molecule has 4 N–H and O–H groups in total. The van der Waals surface area contributed by atoms with Crippen LogP contribution in [-0.2, 0) is 6.42 Å². The monoisotopic (exact) mass is 236 g/mol. The molecule has 0 aliphatic heterocycles. The summed E-state index contributed by atoms with van der Waals surface area (Å²) >= 11 is 6.09. The molecule has 0 radical (unpaired) electrons. The first-order valence-electron chi connectivity index (χ1n) is 5.02.